The number of nitrogens with zero attached hydrogens (tertiary/aromatic N) is 2. The lowest BCUT2D eigenvalue weighted by Gasteiger charge is -2.32. The molecule has 21 heavy (non-hydrogen) atoms. The van der Waals surface area contributed by atoms with Crippen LogP contribution in [-0.2, 0) is 4.74 Å². The van der Waals surface area contributed by atoms with Crippen molar-refractivity contribution < 1.29 is 4.74 Å². The third-order valence-electron chi connectivity index (χ3n) is 4.47. The highest BCUT2D eigenvalue weighted by Crippen LogP contribution is 2.28. The minimum absolute atomic E-state index is 0. The molecule has 0 spiro atoms. The number of rotatable bonds is 5. The summed E-state index contributed by atoms with van der Waals surface area (Å²) in [5, 5.41) is 3.41. The van der Waals surface area contributed by atoms with Crippen LogP contribution in [0.3, 0.4) is 0 Å². The molecule has 0 aromatic carbocycles. The predicted octanol–water partition coefficient (Wildman–Crippen LogP) is 3.36. The Balaban J connectivity index is 0.00000400. The van der Waals surface area contributed by atoms with E-state index in [1.165, 1.54) is 25.7 Å². The number of nitrogens with one attached hydrogen (secondary N) is 1. The molecule has 1 N–H and O–H groups in total. The molecule has 0 radical (unpaired) electrons. The second kappa shape index (κ2) is 9.87. The molecule has 0 saturated heterocycles. The fourth-order valence-corrected chi connectivity index (χ4v) is 2.73. The fourth-order valence-electron chi connectivity index (χ4n) is 2.73. The van der Waals surface area contributed by atoms with Crippen LogP contribution in [-0.4, -0.2) is 50.8 Å². The summed E-state index contributed by atoms with van der Waals surface area (Å²) >= 11 is 0. The van der Waals surface area contributed by atoms with Gasteiger partial charge in [0.05, 0.1) is 5.60 Å². The van der Waals surface area contributed by atoms with Crippen LogP contribution in [0.15, 0.2) is 4.99 Å². The normalized spacial score (nSPS) is 23.4. The van der Waals surface area contributed by atoms with E-state index < -0.39 is 0 Å². The quantitative estimate of drug-likeness (QED) is 0.428. The molecule has 0 atom stereocenters. The van der Waals surface area contributed by atoms with Crippen molar-refractivity contribution in [3.63, 3.8) is 0 Å². The van der Waals surface area contributed by atoms with Gasteiger partial charge >= 0.3 is 0 Å². The van der Waals surface area contributed by atoms with Crippen molar-refractivity contribution in [2.75, 3.05) is 34.3 Å². The first kappa shape index (κ1) is 21.0. The van der Waals surface area contributed by atoms with Crippen LogP contribution in [0.1, 0.15) is 46.5 Å². The molecule has 0 aromatic heterocycles. The zero-order valence-electron chi connectivity index (χ0n) is 14.6. The third kappa shape index (κ3) is 7.68. The molecule has 1 saturated carbocycles. The van der Waals surface area contributed by atoms with Crippen molar-refractivity contribution in [3.05, 3.63) is 0 Å². The summed E-state index contributed by atoms with van der Waals surface area (Å²) in [4.78, 5) is 6.64. The Kier molecular flexibility index (Phi) is 9.85. The van der Waals surface area contributed by atoms with E-state index >= 15 is 0 Å². The molecule has 1 fully saturated rings. The molecule has 126 valence electrons. The van der Waals surface area contributed by atoms with Gasteiger partial charge in [-0.05, 0) is 38.5 Å². The van der Waals surface area contributed by atoms with E-state index in [1.807, 2.05) is 7.05 Å². The molecule has 1 aliphatic rings. The molecular formula is C16H34IN3O. The Bertz CT molecular complexity index is 313. The van der Waals surface area contributed by atoms with Crippen LogP contribution in [0, 0.1) is 11.8 Å². The van der Waals surface area contributed by atoms with Crippen molar-refractivity contribution in [1.82, 2.24) is 10.2 Å². The summed E-state index contributed by atoms with van der Waals surface area (Å²) in [6, 6.07) is 0. The maximum absolute atomic E-state index is 5.44. The van der Waals surface area contributed by atoms with Gasteiger partial charge in [0.25, 0.3) is 0 Å². The fraction of sp³-hybridized carbons (Fsp3) is 0.938. The van der Waals surface area contributed by atoms with E-state index in [0.29, 0.717) is 0 Å². The maximum Gasteiger partial charge on any atom is 0.193 e. The Morgan fingerprint density at radius 2 is 1.86 bits per heavy atom. The maximum atomic E-state index is 5.44. The Hall–Kier alpha value is -0.0400. The van der Waals surface area contributed by atoms with Gasteiger partial charge in [-0.3, -0.25) is 4.99 Å². The van der Waals surface area contributed by atoms with Gasteiger partial charge in [-0.2, -0.15) is 0 Å². The molecular weight excluding hydrogens is 377 g/mol. The zero-order valence-corrected chi connectivity index (χ0v) is 16.9. The average Bonchev–Trinajstić information content (AvgIpc) is 2.42. The zero-order chi connectivity index (χ0) is 15.2. The van der Waals surface area contributed by atoms with Crippen LogP contribution in [0.4, 0.5) is 0 Å². The van der Waals surface area contributed by atoms with Crippen LogP contribution in [0.25, 0.3) is 0 Å². The number of guanidine groups is 1. The summed E-state index contributed by atoms with van der Waals surface area (Å²) < 4.78 is 5.44. The van der Waals surface area contributed by atoms with E-state index in [0.717, 1.165) is 30.9 Å². The van der Waals surface area contributed by atoms with Crippen LogP contribution < -0.4 is 5.32 Å². The third-order valence-corrected chi connectivity index (χ3v) is 4.47. The summed E-state index contributed by atoms with van der Waals surface area (Å²) in [5.41, 5.74) is -0.170. The second-order valence-corrected chi connectivity index (χ2v) is 6.87. The van der Waals surface area contributed by atoms with Gasteiger partial charge in [-0.25, -0.2) is 0 Å². The first-order valence-electron chi connectivity index (χ1n) is 7.85. The number of hydrogen-bond donors (Lipinski definition) is 1. The number of aliphatic imine (C=N–C) groups is 1. The van der Waals surface area contributed by atoms with Gasteiger partial charge in [-0.1, -0.05) is 19.8 Å². The first-order chi connectivity index (χ1) is 9.38. The van der Waals surface area contributed by atoms with E-state index in [-0.39, 0.29) is 29.6 Å². The van der Waals surface area contributed by atoms with Crippen LogP contribution in [0.2, 0.25) is 0 Å². The lowest BCUT2D eigenvalue weighted by Crippen LogP contribution is -2.47. The van der Waals surface area contributed by atoms with Crippen LogP contribution >= 0.6 is 24.0 Å². The number of hydrogen-bond acceptors (Lipinski definition) is 2. The Labute approximate surface area is 148 Å². The molecule has 5 heteroatoms. The van der Waals surface area contributed by atoms with Crippen LogP contribution in [0.5, 0.6) is 0 Å². The van der Waals surface area contributed by atoms with Crippen molar-refractivity contribution in [2.45, 2.75) is 52.1 Å². The minimum Gasteiger partial charge on any atom is -0.377 e. The van der Waals surface area contributed by atoms with Crippen molar-refractivity contribution in [1.29, 1.82) is 0 Å². The lowest BCUT2D eigenvalue weighted by atomic mass is 9.83. The van der Waals surface area contributed by atoms with E-state index in [1.54, 1.807) is 7.11 Å². The Morgan fingerprint density at radius 1 is 1.29 bits per heavy atom. The molecule has 0 unspecified atom stereocenters. The highest BCUT2D eigenvalue weighted by atomic mass is 127. The number of ether oxygens (including phenoxy) is 1. The minimum atomic E-state index is -0.170. The van der Waals surface area contributed by atoms with Gasteiger partial charge in [0.1, 0.15) is 0 Å². The molecule has 0 aliphatic heterocycles. The van der Waals surface area contributed by atoms with E-state index in [4.69, 9.17) is 4.74 Å². The molecule has 0 aromatic rings. The lowest BCUT2D eigenvalue weighted by molar-refractivity contribution is 0.0263. The highest BCUT2D eigenvalue weighted by Gasteiger charge is 2.22. The topological polar surface area (TPSA) is 36.9 Å². The largest absolute Gasteiger partial charge is 0.377 e. The monoisotopic (exact) mass is 411 g/mol. The summed E-state index contributed by atoms with van der Waals surface area (Å²) in [7, 11) is 5.73. The van der Waals surface area contributed by atoms with E-state index in [9.17, 15) is 0 Å². The van der Waals surface area contributed by atoms with Crippen molar-refractivity contribution >= 4 is 29.9 Å². The predicted molar refractivity (Wildman–Crippen MR) is 102 cm³/mol. The van der Waals surface area contributed by atoms with Gasteiger partial charge < -0.3 is 15.0 Å². The number of methoxy groups -OCH3 is 1. The average molecular weight is 411 g/mol. The standard InChI is InChI=1S/C16H33N3O.HI/c1-13-7-9-14(10-8-13)11-19(5)15(17-4)18-12-16(2,3)20-6;/h13-14H,7-12H2,1-6H3,(H,17,18);1H. The number of halogens is 1. The van der Waals surface area contributed by atoms with E-state index in [2.05, 4.69) is 43.0 Å². The van der Waals surface area contributed by atoms with Gasteiger partial charge in [0.15, 0.2) is 5.96 Å². The smallest absolute Gasteiger partial charge is 0.193 e. The first-order valence-corrected chi connectivity index (χ1v) is 7.85. The molecule has 1 rings (SSSR count). The molecule has 1 aliphatic carbocycles. The summed E-state index contributed by atoms with van der Waals surface area (Å²) in [6.45, 7) is 8.39. The van der Waals surface area contributed by atoms with Crippen molar-refractivity contribution in [3.8, 4) is 0 Å². The van der Waals surface area contributed by atoms with Crippen molar-refractivity contribution in [2.24, 2.45) is 16.8 Å². The second-order valence-electron chi connectivity index (χ2n) is 6.87. The Morgan fingerprint density at radius 3 is 2.33 bits per heavy atom. The molecule has 0 heterocycles. The van der Waals surface area contributed by atoms with Gasteiger partial charge in [0, 0.05) is 34.3 Å². The SMILES string of the molecule is CN=C(NCC(C)(C)OC)N(C)CC1CCC(C)CC1.I. The van der Waals surface area contributed by atoms with Gasteiger partial charge in [-0.15, -0.1) is 24.0 Å². The molecule has 0 amide bonds. The molecule has 0 bridgehead atoms. The highest BCUT2D eigenvalue weighted by molar-refractivity contribution is 14.0. The summed E-state index contributed by atoms with van der Waals surface area (Å²) in [5.74, 6) is 2.69. The van der Waals surface area contributed by atoms with Gasteiger partial charge in [0.2, 0.25) is 0 Å². The summed E-state index contributed by atoms with van der Waals surface area (Å²) in [6.07, 6.45) is 5.46. The molecule has 4 nitrogen and oxygen atoms in total.